The highest BCUT2D eigenvalue weighted by atomic mass is 16.7. The van der Waals surface area contributed by atoms with E-state index in [-0.39, 0.29) is 18.6 Å². The molecule has 0 rings (SSSR count). The molecule has 0 saturated heterocycles. The predicted octanol–water partition coefficient (Wildman–Crippen LogP) is -0.338. The Morgan fingerprint density at radius 2 is 2.20 bits per heavy atom. The second-order valence-electron chi connectivity index (χ2n) is 2.22. The van der Waals surface area contributed by atoms with Crippen molar-refractivity contribution in [2.75, 3.05) is 13.6 Å². The highest BCUT2D eigenvalue weighted by Crippen LogP contribution is 1.80. The minimum absolute atomic E-state index is 0.0285. The molecule has 0 aromatic rings. The number of hydrogen-bond donors (Lipinski definition) is 2. The minimum atomic E-state index is -0.156. The molecular formula is C6H14N2O2. The van der Waals surface area contributed by atoms with Gasteiger partial charge in [0.05, 0.1) is 12.6 Å². The van der Waals surface area contributed by atoms with Gasteiger partial charge in [0, 0.05) is 0 Å². The van der Waals surface area contributed by atoms with Gasteiger partial charge in [-0.15, -0.1) is 0 Å². The van der Waals surface area contributed by atoms with Crippen LogP contribution in [0.2, 0.25) is 0 Å². The molecule has 0 spiro atoms. The summed E-state index contributed by atoms with van der Waals surface area (Å²) in [4.78, 5) is 15.5. The molecule has 2 N–H and O–H groups in total. The van der Waals surface area contributed by atoms with Gasteiger partial charge in [0.15, 0.2) is 0 Å². The predicted molar refractivity (Wildman–Crippen MR) is 38.3 cm³/mol. The maximum Gasteiger partial charge on any atom is 0.257 e. The second-order valence-corrected chi connectivity index (χ2v) is 2.22. The molecule has 0 aliphatic rings. The smallest absolute Gasteiger partial charge is 0.257 e. The maximum absolute atomic E-state index is 10.6. The molecule has 0 heterocycles. The zero-order valence-corrected chi connectivity index (χ0v) is 6.60. The topological polar surface area (TPSA) is 50.4 Å². The number of carbonyl (C=O) groups is 1. The van der Waals surface area contributed by atoms with Gasteiger partial charge in [0.2, 0.25) is 0 Å². The third-order valence-corrected chi connectivity index (χ3v) is 0.746. The average molecular weight is 146 g/mol. The van der Waals surface area contributed by atoms with E-state index in [1.807, 2.05) is 13.8 Å². The molecule has 0 atom stereocenters. The lowest BCUT2D eigenvalue weighted by Crippen LogP contribution is -2.33. The molecule has 0 aliphatic heterocycles. The maximum atomic E-state index is 10.6. The molecule has 4 nitrogen and oxygen atoms in total. The summed E-state index contributed by atoms with van der Waals surface area (Å²) >= 11 is 0. The molecule has 4 heteroatoms. The summed E-state index contributed by atoms with van der Waals surface area (Å²) in [6.07, 6.45) is 0.0285. The number of hydroxylamine groups is 1. The summed E-state index contributed by atoms with van der Waals surface area (Å²) in [5, 5.41) is 2.70. The summed E-state index contributed by atoms with van der Waals surface area (Å²) in [7, 11) is 1.70. The minimum Gasteiger partial charge on any atom is -0.311 e. The molecule has 10 heavy (non-hydrogen) atoms. The second kappa shape index (κ2) is 5.20. The largest absolute Gasteiger partial charge is 0.311 e. The molecular weight excluding hydrogens is 132 g/mol. The van der Waals surface area contributed by atoms with E-state index in [4.69, 9.17) is 4.84 Å². The molecule has 0 saturated carbocycles. The van der Waals surface area contributed by atoms with Crippen LogP contribution in [-0.2, 0) is 9.63 Å². The Morgan fingerprint density at radius 1 is 1.60 bits per heavy atom. The van der Waals surface area contributed by atoms with Crippen LogP contribution in [0.25, 0.3) is 0 Å². The van der Waals surface area contributed by atoms with Crippen LogP contribution in [0.3, 0.4) is 0 Å². The van der Waals surface area contributed by atoms with Crippen molar-refractivity contribution >= 4 is 5.91 Å². The van der Waals surface area contributed by atoms with Crippen LogP contribution < -0.4 is 10.8 Å². The van der Waals surface area contributed by atoms with E-state index in [1.165, 1.54) is 0 Å². The lowest BCUT2D eigenvalue weighted by Gasteiger charge is -2.07. The molecule has 1 amide bonds. The molecule has 60 valence electrons. The van der Waals surface area contributed by atoms with Crippen LogP contribution in [0.15, 0.2) is 0 Å². The number of hydrogen-bond acceptors (Lipinski definition) is 3. The third-order valence-electron chi connectivity index (χ3n) is 0.746. The number of amides is 1. The monoisotopic (exact) mass is 146 g/mol. The average Bonchev–Trinajstić information content (AvgIpc) is 1.85. The quantitative estimate of drug-likeness (QED) is 0.533. The molecule has 0 unspecified atom stereocenters. The van der Waals surface area contributed by atoms with Crippen LogP contribution >= 0.6 is 0 Å². The first-order chi connectivity index (χ1) is 4.66. The van der Waals surface area contributed by atoms with Crippen molar-refractivity contribution < 1.29 is 9.63 Å². The lowest BCUT2D eigenvalue weighted by atomic mass is 10.5. The van der Waals surface area contributed by atoms with Crippen LogP contribution in [0.4, 0.5) is 0 Å². The highest BCUT2D eigenvalue weighted by Gasteiger charge is 1.98. The van der Waals surface area contributed by atoms with Crippen molar-refractivity contribution in [1.82, 2.24) is 10.8 Å². The Kier molecular flexibility index (Phi) is 4.88. The van der Waals surface area contributed by atoms with E-state index in [0.29, 0.717) is 0 Å². The summed E-state index contributed by atoms with van der Waals surface area (Å²) in [6, 6.07) is 0. The first-order valence-corrected chi connectivity index (χ1v) is 3.26. The first-order valence-electron chi connectivity index (χ1n) is 3.26. The zero-order chi connectivity index (χ0) is 7.98. The van der Waals surface area contributed by atoms with Gasteiger partial charge in [-0.3, -0.25) is 9.63 Å². The lowest BCUT2D eigenvalue weighted by molar-refractivity contribution is -0.135. The van der Waals surface area contributed by atoms with Crippen LogP contribution in [-0.4, -0.2) is 25.6 Å². The van der Waals surface area contributed by atoms with Gasteiger partial charge >= 0.3 is 0 Å². The molecule has 0 bridgehead atoms. The van der Waals surface area contributed by atoms with Gasteiger partial charge < -0.3 is 5.32 Å². The van der Waals surface area contributed by atoms with E-state index >= 15 is 0 Å². The summed E-state index contributed by atoms with van der Waals surface area (Å²) in [6.45, 7) is 3.98. The van der Waals surface area contributed by atoms with E-state index in [2.05, 4.69) is 10.8 Å². The highest BCUT2D eigenvalue weighted by molar-refractivity contribution is 5.76. The van der Waals surface area contributed by atoms with Crippen molar-refractivity contribution in [3.8, 4) is 0 Å². The Hall–Kier alpha value is -0.610. The van der Waals surface area contributed by atoms with Crippen molar-refractivity contribution in [3.63, 3.8) is 0 Å². The Balaban J connectivity index is 3.22. The SMILES string of the molecule is CNCC(=O)NOC(C)C. The number of likely N-dealkylation sites (N-methyl/N-ethyl adjacent to an activating group) is 1. The van der Waals surface area contributed by atoms with E-state index in [0.717, 1.165) is 0 Å². The van der Waals surface area contributed by atoms with Crippen molar-refractivity contribution in [3.05, 3.63) is 0 Å². The summed E-state index contributed by atoms with van der Waals surface area (Å²) in [5.74, 6) is -0.156. The van der Waals surface area contributed by atoms with Gasteiger partial charge in [-0.25, -0.2) is 5.48 Å². The molecule has 0 radical (unpaired) electrons. The van der Waals surface area contributed by atoms with Crippen LogP contribution in [0.1, 0.15) is 13.8 Å². The van der Waals surface area contributed by atoms with Gasteiger partial charge in [0.25, 0.3) is 5.91 Å². The van der Waals surface area contributed by atoms with Gasteiger partial charge in [0.1, 0.15) is 0 Å². The Bertz CT molecular complexity index is 104. The fourth-order valence-corrected chi connectivity index (χ4v) is 0.380. The summed E-state index contributed by atoms with van der Waals surface area (Å²) < 4.78 is 0. The van der Waals surface area contributed by atoms with Crippen LogP contribution in [0.5, 0.6) is 0 Å². The Labute approximate surface area is 60.9 Å². The summed E-state index contributed by atoms with van der Waals surface area (Å²) in [5.41, 5.74) is 2.28. The molecule has 0 aromatic heterocycles. The standard InChI is InChI=1S/C6H14N2O2/c1-5(2)10-8-6(9)4-7-3/h5,7H,4H2,1-3H3,(H,8,9). The molecule has 0 aromatic carbocycles. The normalized spacial score (nSPS) is 10.0. The van der Waals surface area contributed by atoms with Crippen molar-refractivity contribution in [2.24, 2.45) is 0 Å². The fraction of sp³-hybridized carbons (Fsp3) is 0.833. The van der Waals surface area contributed by atoms with Gasteiger partial charge in [-0.1, -0.05) is 0 Å². The zero-order valence-electron chi connectivity index (χ0n) is 6.60. The first kappa shape index (κ1) is 9.39. The van der Waals surface area contributed by atoms with E-state index < -0.39 is 0 Å². The molecule has 0 fully saturated rings. The van der Waals surface area contributed by atoms with Crippen LogP contribution in [0, 0.1) is 0 Å². The number of carbonyl (C=O) groups excluding carboxylic acids is 1. The van der Waals surface area contributed by atoms with Gasteiger partial charge in [-0.05, 0) is 20.9 Å². The number of nitrogens with one attached hydrogen (secondary N) is 2. The Morgan fingerprint density at radius 3 is 2.60 bits per heavy atom. The van der Waals surface area contributed by atoms with Gasteiger partial charge in [-0.2, -0.15) is 0 Å². The third kappa shape index (κ3) is 5.53. The van der Waals surface area contributed by atoms with Crippen molar-refractivity contribution in [1.29, 1.82) is 0 Å². The fourth-order valence-electron chi connectivity index (χ4n) is 0.380. The molecule has 0 aliphatic carbocycles. The van der Waals surface area contributed by atoms with E-state index in [1.54, 1.807) is 7.05 Å². The van der Waals surface area contributed by atoms with Crippen molar-refractivity contribution in [2.45, 2.75) is 20.0 Å². The number of rotatable bonds is 4. The van der Waals surface area contributed by atoms with E-state index in [9.17, 15) is 4.79 Å².